The summed E-state index contributed by atoms with van der Waals surface area (Å²) in [6, 6.07) is 0.719. The molecule has 1 rings (SSSR count). The van der Waals surface area contributed by atoms with Gasteiger partial charge in [-0.2, -0.15) is 0 Å². The van der Waals surface area contributed by atoms with Crippen LogP contribution in [0.25, 0.3) is 0 Å². The highest BCUT2D eigenvalue weighted by Crippen LogP contribution is 2.02. The van der Waals surface area contributed by atoms with Crippen molar-refractivity contribution >= 4 is 0 Å². The third kappa shape index (κ3) is 3.55. The van der Waals surface area contributed by atoms with E-state index in [0.29, 0.717) is 0 Å². The fraction of sp³-hybridized carbons (Fsp3) is 1.00. The molecule has 0 aromatic carbocycles. The zero-order chi connectivity index (χ0) is 8.81. The van der Waals surface area contributed by atoms with E-state index in [2.05, 4.69) is 24.1 Å². The van der Waals surface area contributed by atoms with Gasteiger partial charge >= 0.3 is 0 Å². The molecule has 1 unspecified atom stereocenters. The van der Waals surface area contributed by atoms with E-state index in [1.54, 1.807) is 0 Å². The first-order valence-electron chi connectivity index (χ1n) is 5.28. The number of nitrogens with one attached hydrogen (secondary N) is 1. The third-order valence-corrected chi connectivity index (χ3v) is 2.63. The average Bonchev–Trinajstić information content (AvgIpc) is 2.27. The Balaban J connectivity index is 2.17. The standard InChI is InChI=1S/C10H22N2/c1-3-4-7-12-8-5-10(2)11-6-9-12/h10-11H,3-9H2,1-2H3. The normalized spacial score (nSPS) is 27.0. The van der Waals surface area contributed by atoms with Gasteiger partial charge in [0.15, 0.2) is 0 Å². The second kappa shape index (κ2) is 5.55. The van der Waals surface area contributed by atoms with Gasteiger partial charge in [0.05, 0.1) is 0 Å². The zero-order valence-electron chi connectivity index (χ0n) is 8.47. The van der Waals surface area contributed by atoms with Gasteiger partial charge in [-0.05, 0) is 32.9 Å². The maximum atomic E-state index is 3.51. The first kappa shape index (κ1) is 10.0. The predicted octanol–water partition coefficient (Wildman–Crippen LogP) is 1.47. The first-order valence-corrected chi connectivity index (χ1v) is 5.28. The molecule has 12 heavy (non-hydrogen) atoms. The molecule has 0 aliphatic carbocycles. The van der Waals surface area contributed by atoms with E-state index in [9.17, 15) is 0 Å². The number of unbranched alkanes of at least 4 members (excludes halogenated alkanes) is 1. The lowest BCUT2D eigenvalue weighted by molar-refractivity contribution is 0.286. The van der Waals surface area contributed by atoms with E-state index in [1.165, 1.54) is 45.4 Å². The highest BCUT2D eigenvalue weighted by Gasteiger charge is 2.11. The van der Waals surface area contributed by atoms with Crippen LogP contribution in [0.5, 0.6) is 0 Å². The van der Waals surface area contributed by atoms with Crippen LogP contribution in [0, 0.1) is 0 Å². The summed E-state index contributed by atoms with van der Waals surface area (Å²) in [7, 11) is 0. The van der Waals surface area contributed by atoms with Crippen LogP contribution in [0.1, 0.15) is 33.1 Å². The van der Waals surface area contributed by atoms with Crippen molar-refractivity contribution in [1.29, 1.82) is 0 Å². The van der Waals surface area contributed by atoms with E-state index >= 15 is 0 Å². The summed E-state index contributed by atoms with van der Waals surface area (Å²) < 4.78 is 0. The third-order valence-electron chi connectivity index (χ3n) is 2.63. The molecule has 0 aromatic rings. The van der Waals surface area contributed by atoms with Gasteiger partial charge in [-0.15, -0.1) is 0 Å². The fourth-order valence-corrected chi connectivity index (χ4v) is 1.66. The maximum absolute atomic E-state index is 3.51. The number of nitrogens with zero attached hydrogens (tertiary/aromatic N) is 1. The summed E-state index contributed by atoms with van der Waals surface area (Å²) in [5, 5.41) is 3.51. The Morgan fingerprint density at radius 2 is 2.25 bits per heavy atom. The molecule has 0 aromatic heterocycles. The Bertz CT molecular complexity index is 112. The van der Waals surface area contributed by atoms with Crippen LogP contribution in [-0.4, -0.2) is 37.1 Å². The van der Waals surface area contributed by atoms with Crippen molar-refractivity contribution in [2.75, 3.05) is 26.2 Å². The highest BCUT2D eigenvalue weighted by atomic mass is 15.2. The van der Waals surface area contributed by atoms with Crippen molar-refractivity contribution in [3.8, 4) is 0 Å². The summed E-state index contributed by atoms with van der Waals surface area (Å²) >= 11 is 0. The van der Waals surface area contributed by atoms with Crippen molar-refractivity contribution in [2.45, 2.75) is 39.2 Å². The van der Waals surface area contributed by atoms with Gasteiger partial charge in [0.1, 0.15) is 0 Å². The molecule has 0 spiro atoms. The molecule has 1 fully saturated rings. The topological polar surface area (TPSA) is 15.3 Å². The van der Waals surface area contributed by atoms with E-state index < -0.39 is 0 Å². The molecule has 2 heteroatoms. The molecular weight excluding hydrogens is 148 g/mol. The van der Waals surface area contributed by atoms with E-state index in [0.717, 1.165) is 6.04 Å². The van der Waals surface area contributed by atoms with E-state index in [4.69, 9.17) is 0 Å². The van der Waals surface area contributed by atoms with Crippen LogP contribution in [0.2, 0.25) is 0 Å². The van der Waals surface area contributed by atoms with Crippen LogP contribution < -0.4 is 5.32 Å². The molecule has 1 aliphatic heterocycles. The molecule has 0 amide bonds. The smallest absolute Gasteiger partial charge is 0.0107 e. The summed E-state index contributed by atoms with van der Waals surface area (Å²) in [5.41, 5.74) is 0. The zero-order valence-corrected chi connectivity index (χ0v) is 8.47. The van der Waals surface area contributed by atoms with E-state index in [-0.39, 0.29) is 0 Å². The Hall–Kier alpha value is -0.0800. The molecule has 1 heterocycles. The minimum atomic E-state index is 0.719. The molecule has 1 aliphatic rings. The number of hydrogen-bond acceptors (Lipinski definition) is 2. The van der Waals surface area contributed by atoms with Gasteiger partial charge < -0.3 is 10.2 Å². The molecule has 1 atom stereocenters. The molecule has 72 valence electrons. The number of rotatable bonds is 3. The fourth-order valence-electron chi connectivity index (χ4n) is 1.66. The SMILES string of the molecule is CCCCN1CCNC(C)CC1. The van der Waals surface area contributed by atoms with Crippen LogP contribution in [-0.2, 0) is 0 Å². The summed E-state index contributed by atoms with van der Waals surface area (Å²) in [4.78, 5) is 2.58. The van der Waals surface area contributed by atoms with Gasteiger partial charge in [0.25, 0.3) is 0 Å². The number of hydrogen-bond donors (Lipinski definition) is 1. The molecule has 1 saturated heterocycles. The van der Waals surface area contributed by atoms with Crippen molar-refractivity contribution in [3.63, 3.8) is 0 Å². The molecule has 0 bridgehead atoms. The van der Waals surface area contributed by atoms with Crippen LogP contribution in [0.15, 0.2) is 0 Å². The lowest BCUT2D eigenvalue weighted by Gasteiger charge is -2.18. The highest BCUT2D eigenvalue weighted by molar-refractivity contribution is 4.71. The van der Waals surface area contributed by atoms with Crippen molar-refractivity contribution < 1.29 is 0 Å². The van der Waals surface area contributed by atoms with Crippen LogP contribution >= 0.6 is 0 Å². The summed E-state index contributed by atoms with van der Waals surface area (Å²) in [6.45, 7) is 9.54. The molecule has 0 saturated carbocycles. The summed E-state index contributed by atoms with van der Waals surface area (Å²) in [6.07, 6.45) is 3.98. The second-order valence-corrected chi connectivity index (χ2v) is 3.84. The van der Waals surface area contributed by atoms with Crippen molar-refractivity contribution in [1.82, 2.24) is 10.2 Å². The van der Waals surface area contributed by atoms with Gasteiger partial charge in [-0.25, -0.2) is 0 Å². The van der Waals surface area contributed by atoms with Crippen LogP contribution in [0.3, 0.4) is 0 Å². The second-order valence-electron chi connectivity index (χ2n) is 3.84. The van der Waals surface area contributed by atoms with Gasteiger partial charge in [0.2, 0.25) is 0 Å². The van der Waals surface area contributed by atoms with E-state index in [1.807, 2.05) is 0 Å². The van der Waals surface area contributed by atoms with Crippen LogP contribution in [0.4, 0.5) is 0 Å². The Morgan fingerprint density at radius 3 is 3.00 bits per heavy atom. The van der Waals surface area contributed by atoms with Gasteiger partial charge in [-0.1, -0.05) is 13.3 Å². The Labute approximate surface area is 76.3 Å². The Kier molecular flexibility index (Phi) is 4.62. The van der Waals surface area contributed by atoms with Crippen molar-refractivity contribution in [3.05, 3.63) is 0 Å². The summed E-state index contributed by atoms with van der Waals surface area (Å²) in [5.74, 6) is 0. The largest absolute Gasteiger partial charge is 0.313 e. The maximum Gasteiger partial charge on any atom is 0.0107 e. The Morgan fingerprint density at radius 1 is 1.42 bits per heavy atom. The average molecular weight is 170 g/mol. The van der Waals surface area contributed by atoms with Crippen molar-refractivity contribution in [2.24, 2.45) is 0 Å². The lowest BCUT2D eigenvalue weighted by Crippen LogP contribution is -2.29. The van der Waals surface area contributed by atoms with Gasteiger partial charge in [-0.3, -0.25) is 0 Å². The van der Waals surface area contributed by atoms with Gasteiger partial charge in [0, 0.05) is 19.1 Å². The quantitative estimate of drug-likeness (QED) is 0.690. The first-order chi connectivity index (χ1) is 5.83. The monoisotopic (exact) mass is 170 g/mol. The predicted molar refractivity (Wildman–Crippen MR) is 53.4 cm³/mol. The molecule has 0 radical (unpaired) electrons. The molecular formula is C10H22N2. The lowest BCUT2D eigenvalue weighted by atomic mass is 10.2. The molecule has 1 N–H and O–H groups in total. The minimum Gasteiger partial charge on any atom is -0.313 e. The molecule has 2 nitrogen and oxygen atoms in total. The minimum absolute atomic E-state index is 0.719.